The molecule has 0 aliphatic rings. The van der Waals surface area contributed by atoms with Crippen LogP contribution >= 0.6 is 162 Å². The van der Waals surface area contributed by atoms with Gasteiger partial charge in [-0.15, -0.1) is 0 Å². The maximum atomic E-state index is 8.59. The second-order valence-corrected chi connectivity index (χ2v) is 13.9. The summed E-state index contributed by atoms with van der Waals surface area (Å²) in [6.07, 6.45) is 0. The van der Waals surface area contributed by atoms with Crippen LogP contribution in [0.4, 0.5) is 0 Å². The van der Waals surface area contributed by atoms with Crippen LogP contribution in [0.5, 0.6) is 0 Å². The SMILES string of the molecule is ClC(Cl)(Cl)C(Cl)(Cl)C(Cl)(Cl)C(Cl)(Cl)C(Cl)(Cl)C(Cl)(Cl)Cl.O=[SH](=O)O.[LiH]. The molecule has 0 aromatic rings. The van der Waals surface area contributed by atoms with E-state index in [1.54, 1.807) is 0 Å². The molecule has 0 fully saturated rings. The molecule has 25 heavy (non-hydrogen) atoms. The maximum absolute atomic E-state index is 8.59. The Bertz CT molecular complexity index is 462. The van der Waals surface area contributed by atoms with Gasteiger partial charge in [-0.2, -0.15) is 0 Å². The van der Waals surface area contributed by atoms with E-state index in [1.807, 2.05) is 0 Å². The molecule has 0 aromatic carbocycles. The fourth-order valence-corrected chi connectivity index (χ4v) is 4.27. The molecule has 1 N–H and O–H groups in total. The Morgan fingerprint density at radius 2 is 0.600 bits per heavy atom. The Kier molecular flexibility index (Phi) is 15.6. The van der Waals surface area contributed by atoms with Gasteiger partial charge in [-0.3, -0.25) is 4.55 Å². The second-order valence-electron chi connectivity index (χ2n) is 3.53. The van der Waals surface area contributed by atoms with Crippen molar-refractivity contribution in [3.05, 3.63) is 0 Å². The monoisotopic (exact) mass is 652 g/mol. The van der Waals surface area contributed by atoms with Crippen LogP contribution in [0.3, 0.4) is 0 Å². The van der Waals surface area contributed by atoms with Gasteiger partial charge in [-0.25, -0.2) is 8.42 Å². The van der Waals surface area contributed by atoms with Crippen molar-refractivity contribution in [2.24, 2.45) is 0 Å². The predicted molar refractivity (Wildman–Crippen MR) is 118 cm³/mol. The Labute approximate surface area is 227 Å². The molecule has 0 aliphatic carbocycles. The quantitative estimate of drug-likeness (QED) is 0.151. The minimum atomic E-state index is -3.12. The molecule has 0 radical (unpaired) electrons. The summed E-state index contributed by atoms with van der Waals surface area (Å²) >= 11 is 80.5. The average Bonchev–Trinajstić information content (AvgIpc) is 2.23. The van der Waals surface area contributed by atoms with E-state index in [4.69, 9.17) is 175 Å². The number of halogens is 14. The van der Waals surface area contributed by atoms with E-state index < -0.39 is 35.9 Å². The Hall–Kier alpha value is 4.57. The van der Waals surface area contributed by atoms with Crippen molar-refractivity contribution in [2.45, 2.75) is 24.9 Å². The molecule has 0 saturated heterocycles. The summed E-state index contributed by atoms with van der Waals surface area (Å²) in [5.74, 6) is 0. The van der Waals surface area contributed by atoms with Crippen molar-refractivity contribution < 1.29 is 13.0 Å². The summed E-state index contributed by atoms with van der Waals surface area (Å²) in [7, 11) is -3.12. The Morgan fingerprint density at radius 1 is 0.480 bits per heavy atom. The molecular weight excluding hydrogens is 655 g/mol. The number of hydrogen-bond donors (Lipinski definition) is 2. The third-order valence-electron chi connectivity index (χ3n) is 1.90. The number of thiol groups is 1. The van der Waals surface area contributed by atoms with Gasteiger partial charge in [0.05, 0.1) is 0 Å². The summed E-state index contributed by atoms with van der Waals surface area (Å²) in [5, 5.41) is 0. The van der Waals surface area contributed by atoms with E-state index in [0.717, 1.165) is 0 Å². The van der Waals surface area contributed by atoms with Crippen LogP contribution in [0.1, 0.15) is 0 Å². The van der Waals surface area contributed by atoms with Gasteiger partial charge in [0.25, 0.3) is 11.0 Å². The van der Waals surface area contributed by atoms with Crippen LogP contribution in [-0.2, 0) is 11.0 Å². The summed E-state index contributed by atoms with van der Waals surface area (Å²) in [4.78, 5) is 0. The molecule has 0 saturated carbocycles. The van der Waals surface area contributed by atoms with Gasteiger partial charge in [0.2, 0.25) is 16.3 Å². The topological polar surface area (TPSA) is 54.4 Å². The zero-order valence-corrected chi connectivity index (χ0v) is 21.5. The molecule has 150 valence electrons. The zero-order valence-electron chi connectivity index (χ0n) is 10.0. The van der Waals surface area contributed by atoms with E-state index in [-0.39, 0.29) is 18.9 Å². The van der Waals surface area contributed by atoms with Crippen molar-refractivity contribution in [1.82, 2.24) is 0 Å². The molecule has 19 heteroatoms. The Morgan fingerprint density at radius 3 is 0.680 bits per heavy atom. The summed E-state index contributed by atoms with van der Waals surface area (Å²) in [6.45, 7) is 0. The van der Waals surface area contributed by atoms with E-state index in [1.165, 1.54) is 0 Å². The molecule has 0 amide bonds. The van der Waals surface area contributed by atoms with E-state index in [9.17, 15) is 0 Å². The molecule has 0 rings (SSSR count). The molecule has 0 aromatic heterocycles. The van der Waals surface area contributed by atoms with Crippen LogP contribution in [0.2, 0.25) is 0 Å². The first-order chi connectivity index (χ1) is 9.98. The summed E-state index contributed by atoms with van der Waals surface area (Å²) < 4.78 is 8.72. The fraction of sp³-hybridized carbons (Fsp3) is 1.00. The normalized spacial score (nSPS) is 14.6. The zero-order chi connectivity index (χ0) is 20.6. The molecule has 0 spiro atoms. The van der Waals surface area contributed by atoms with E-state index in [2.05, 4.69) is 0 Å². The van der Waals surface area contributed by atoms with Crippen LogP contribution in [0.15, 0.2) is 0 Å². The summed E-state index contributed by atoms with van der Waals surface area (Å²) in [6, 6.07) is 0. The van der Waals surface area contributed by atoms with Gasteiger partial charge in [0, 0.05) is 0 Å². The van der Waals surface area contributed by atoms with Crippen LogP contribution in [0.25, 0.3) is 0 Å². The van der Waals surface area contributed by atoms with Crippen LogP contribution in [0, 0.1) is 0 Å². The number of rotatable bonds is 3. The first-order valence-electron chi connectivity index (χ1n) is 4.46. The first-order valence-corrected chi connectivity index (χ1v) is 10.9. The van der Waals surface area contributed by atoms with Crippen molar-refractivity contribution >= 4 is 192 Å². The van der Waals surface area contributed by atoms with Gasteiger partial charge >= 0.3 is 18.9 Å². The van der Waals surface area contributed by atoms with E-state index in [0.29, 0.717) is 0 Å². The second kappa shape index (κ2) is 11.4. The van der Waals surface area contributed by atoms with E-state index >= 15 is 0 Å². The minimum absolute atomic E-state index is 0. The summed E-state index contributed by atoms with van der Waals surface area (Å²) in [5.41, 5.74) is 0. The first kappa shape index (κ1) is 34.2. The molecule has 0 aliphatic heterocycles. The standard InChI is InChI=1S/C6Cl14.Li.H2O3S.H/c7-1(8,3(11,12)5(15,16)17)2(9,10)4(13,14)6(18,19)20;;1-4(2)3;/h;;4H,(H,1,2,3);. The van der Waals surface area contributed by atoms with Gasteiger partial charge in [0.1, 0.15) is 0 Å². The third kappa shape index (κ3) is 8.21. The predicted octanol–water partition coefficient (Wildman–Crippen LogP) is 6.84. The van der Waals surface area contributed by atoms with Gasteiger partial charge in [-0.1, -0.05) is 162 Å². The van der Waals surface area contributed by atoms with Crippen LogP contribution in [-0.4, -0.2) is 56.7 Å². The molecule has 3 nitrogen and oxygen atoms in total. The molecule has 0 heterocycles. The fourth-order valence-electron chi connectivity index (χ4n) is 0.750. The molecule has 0 unspecified atom stereocenters. The Balaban J connectivity index is -0.000000867. The molecule has 0 bridgehead atoms. The van der Waals surface area contributed by atoms with Crippen molar-refractivity contribution in [1.29, 1.82) is 0 Å². The van der Waals surface area contributed by atoms with Gasteiger partial charge < -0.3 is 0 Å². The van der Waals surface area contributed by atoms with Gasteiger partial charge in [-0.05, 0) is 0 Å². The van der Waals surface area contributed by atoms with Gasteiger partial charge in [0.15, 0.2) is 8.67 Å². The van der Waals surface area contributed by atoms with Crippen molar-refractivity contribution in [3.63, 3.8) is 0 Å². The number of hydrogen-bond acceptors (Lipinski definition) is 2. The third-order valence-corrected chi connectivity index (χ3v) is 10.5. The number of alkyl halides is 14. The van der Waals surface area contributed by atoms with Crippen molar-refractivity contribution in [3.8, 4) is 0 Å². The molecule has 0 atom stereocenters. The molecular formula is C6H3Cl14LiO3S. The average molecular weight is 658 g/mol. The van der Waals surface area contributed by atoms with Crippen LogP contribution < -0.4 is 0 Å². The van der Waals surface area contributed by atoms with Crippen molar-refractivity contribution in [2.75, 3.05) is 0 Å².